The molecule has 1 aliphatic carbocycles. The second kappa shape index (κ2) is 6.98. The number of rotatable bonds is 4. The van der Waals surface area contributed by atoms with E-state index in [1.807, 2.05) is 13.0 Å². The quantitative estimate of drug-likeness (QED) is 0.796. The molecule has 0 aromatic carbocycles. The van der Waals surface area contributed by atoms with Crippen LogP contribution in [0.25, 0.3) is 0 Å². The van der Waals surface area contributed by atoms with Crippen LogP contribution in [0.1, 0.15) is 26.7 Å². The normalized spacial score (nSPS) is 21.6. The van der Waals surface area contributed by atoms with Gasteiger partial charge in [0, 0.05) is 24.1 Å². The Bertz CT molecular complexity index is 626. The summed E-state index contributed by atoms with van der Waals surface area (Å²) in [5.41, 5.74) is 2.12. The second-order valence-electron chi connectivity index (χ2n) is 5.05. The first-order valence-electron chi connectivity index (χ1n) is 7.15. The average Bonchev–Trinajstić information content (AvgIpc) is 2.45. The van der Waals surface area contributed by atoms with Gasteiger partial charge in [-0.15, -0.1) is 0 Å². The molecule has 6 nitrogen and oxygen atoms in total. The highest BCUT2D eigenvalue weighted by Crippen LogP contribution is 2.26. The largest absolute Gasteiger partial charge is 0.466 e. The third-order valence-corrected chi connectivity index (χ3v) is 3.32. The van der Waals surface area contributed by atoms with Gasteiger partial charge in [0.25, 0.3) is 0 Å². The molecular formula is C16H18N2O4. The molecule has 0 saturated carbocycles. The first-order chi connectivity index (χ1) is 10.5. The summed E-state index contributed by atoms with van der Waals surface area (Å²) in [6.07, 6.45) is 6.89. The number of esters is 1. The van der Waals surface area contributed by atoms with Crippen molar-refractivity contribution in [2.75, 3.05) is 6.61 Å². The predicted octanol–water partition coefficient (Wildman–Crippen LogP) is 1.44. The van der Waals surface area contributed by atoms with E-state index in [0.717, 1.165) is 5.57 Å². The maximum absolute atomic E-state index is 11.8. The number of hydrogen-bond donors (Lipinski definition) is 1. The molecule has 0 saturated heterocycles. The highest BCUT2D eigenvalue weighted by atomic mass is 16.5. The molecule has 2 rings (SSSR count). The first-order valence-corrected chi connectivity index (χ1v) is 7.15. The summed E-state index contributed by atoms with van der Waals surface area (Å²) in [6, 6.07) is 0. The lowest BCUT2D eigenvalue weighted by Crippen LogP contribution is -2.32. The van der Waals surface area contributed by atoms with Crippen molar-refractivity contribution in [3.63, 3.8) is 0 Å². The van der Waals surface area contributed by atoms with E-state index in [-0.39, 0.29) is 24.7 Å². The van der Waals surface area contributed by atoms with Gasteiger partial charge in [0.05, 0.1) is 18.7 Å². The van der Waals surface area contributed by atoms with E-state index in [1.54, 1.807) is 25.2 Å². The number of fused-ring (bicyclic) bond motifs is 1. The summed E-state index contributed by atoms with van der Waals surface area (Å²) < 4.78 is 4.76. The molecule has 0 spiro atoms. The zero-order valence-electron chi connectivity index (χ0n) is 12.6. The minimum Gasteiger partial charge on any atom is -0.466 e. The van der Waals surface area contributed by atoms with Crippen molar-refractivity contribution in [1.29, 1.82) is 0 Å². The lowest BCUT2D eigenvalue weighted by Gasteiger charge is -2.25. The van der Waals surface area contributed by atoms with Gasteiger partial charge in [-0.25, -0.2) is 4.99 Å². The van der Waals surface area contributed by atoms with Gasteiger partial charge in [-0.05, 0) is 26.0 Å². The number of nitrogens with zero attached hydrogens (tertiary/aromatic N) is 1. The smallest absolute Gasteiger partial charge is 0.306 e. The summed E-state index contributed by atoms with van der Waals surface area (Å²) in [5, 5.41) is 2.75. The minimum atomic E-state index is -0.408. The van der Waals surface area contributed by atoms with Gasteiger partial charge < -0.3 is 10.1 Å². The van der Waals surface area contributed by atoms with Crippen molar-refractivity contribution in [3.8, 4) is 0 Å². The average molecular weight is 302 g/mol. The third kappa shape index (κ3) is 4.00. The van der Waals surface area contributed by atoms with Crippen molar-refractivity contribution in [2.45, 2.75) is 26.7 Å². The number of carbonyl (C=O) groups excluding carboxylic acids is 3. The van der Waals surface area contributed by atoms with Gasteiger partial charge >= 0.3 is 5.97 Å². The topological polar surface area (TPSA) is 84.8 Å². The molecule has 2 aliphatic rings. The molecule has 0 radical (unpaired) electrons. The van der Waals surface area contributed by atoms with Crippen LogP contribution < -0.4 is 5.32 Å². The zero-order valence-corrected chi connectivity index (χ0v) is 12.6. The molecule has 0 aromatic heterocycles. The van der Waals surface area contributed by atoms with Crippen molar-refractivity contribution in [1.82, 2.24) is 5.32 Å². The fraction of sp³-hybridized carbons (Fsp3) is 0.375. The number of amides is 2. The van der Waals surface area contributed by atoms with Crippen LogP contribution in [0.2, 0.25) is 0 Å². The minimum absolute atomic E-state index is 0.00800. The van der Waals surface area contributed by atoms with Gasteiger partial charge in [-0.1, -0.05) is 11.6 Å². The van der Waals surface area contributed by atoms with Crippen LogP contribution in [-0.4, -0.2) is 30.1 Å². The fourth-order valence-corrected chi connectivity index (χ4v) is 2.29. The molecule has 116 valence electrons. The highest BCUT2D eigenvalue weighted by Gasteiger charge is 2.23. The van der Waals surface area contributed by atoms with Crippen LogP contribution in [0.15, 0.2) is 40.6 Å². The summed E-state index contributed by atoms with van der Waals surface area (Å²) in [7, 11) is 0. The molecule has 0 bridgehead atoms. The molecule has 0 fully saturated rings. The summed E-state index contributed by atoms with van der Waals surface area (Å²) in [6.45, 7) is 3.89. The molecule has 2 amide bonds. The van der Waals surface area contributed by atoms with Gasteiger partial charge in [-0.3, -0.25) is 14.4 Å². The highest BCUT2D eigenvalue weighted by molar-refractivity contribution is 6.11. The number of nitrogens with one attached hydrogen (secondary N) is 1. The molecule has 1 aliphatic heterocycles. The Morgan fingerprint density at radius 2 is 2.09 bits per heavy atom. The van der Waals surface area contributed by atoms with Crippen molar-refractivity contribution in [3.05, 3.63) is 35.6 Å². The van der Waals surface area contributed by atoms with E-state index in [4.69, 9.17) is 4.74 Å². The number of aliphatic imine (C=N–C) groups is 1. The number of allylic oxidation sites excluding steroid dienone is 3. The summed E-state index contributed by atoms with van der Waals surface area (Å²) in [4.78, 5) is 38.4. The summed E-state index contributed by atoms with van der Waals surface area (Å²) >= 11 is 0. The Labute approximate surface area is 128 Å². The van der Waals surface area contributed by atoms with Crippen LogP contribution in [-0.2, 0) is 19.1 Å². The lowest BCUT2D eigenvalue weighted by atomic mass is 9.89. The number of ether oxygens (including phenoxy) is 1. The maximum atomic E-state index is 11.8. The summed E-state index contributed by atoms with van der Waals surface area (Å²) in [5.74, 6) is -0.957. The molecule has 1 unspecified atom stereocenters. The zero-order chi connectivity index (χ0) is 16.1. The molecule has 0 aromatic rings. The van der Waals surface area contributed by atoms with Crippen LogP contribution in [0.5, 0.6) is 0 Å². The number of hydrogen-bond acceptors (Lipinski definition) is 4. The molecule has 22 heavy (non-hydrogen) atoms. The van der Waals surface area contributed by atoms with E-state index in [0.29, 0.717) is 18.0 Å². The molecular weight excluding hydrogens is 284 g/mol. The Morgan fingerprint density at radius 1 is 1.32 bits per heavy atom. The Balaban J connectivity index is 2.01. The van der Waals surface area contributed by atoms with E-state index in [9.17, 15) is 14.4 Å². The van der Waals surface area contributed by atoms with Gasteiger partial charge in [0.1, 0.15) is 0 Å². The lowest BCUT2D eigenvalue weighted by molar-refractivity contribution is -0.144. The fourth-order valence-electron chi connectivity index (χ4n) is 2.29. The molecule has 1 atom stereocenters. The van der Waals surface area contributed by atoms with Crippen LogP contribution in [0.3, 0.4) is 0 Å². The van der Waals surface area contributed by atoms with E-state index in [2.05, 4.69) is 10.3 Å². The van der Waals surface area contributed by atoms with E-state index >= 15 is 0 Å². The van der Waals surface area contributed by atoms with Gasteiger partial charge in [0.2, 0.25) is 11.8 Å². The number of carbonyl (C=O) groups is 3. The van der Waals surface area contributed by atoms with Gasteiger partial charge in [-0.2, -0.15) is 0 Å². The first kappa shape index (κ1) is 15.9. The van der Waals surface area contributed by atoms with Crippen LogP contribution in [0, 0.1) is 5.92 Å². The molecule has 6 heteroatoms. The monoisotopic (exact) mass is 302 g/mol. The van der Waals surface area contributed by atoms with Crippen molar-refractivity contribution < 1.29 is 19.1 Å². The second-order valence-corrected chi connectivity index (χ2v) is 5.05. The van der Waals surface area contributed by atoms with Crippen molar-refractivity contribution >= 4 is 23.5 Å². The van der Waals surface area contributed by atoms with Crippen molar-refractivity contribution in [2.24, 2.45) is 10.9 Å². The third-order valence-electron chi connectivity index (χ3n) is 3.32. The Kier molecular flexibility index (Phi) is 5.04. The van der Waals surface area contributed by atoms with Crippen LogP contribution in [0.4, 0.5) is 0 Å². The Hall–Kier alpha value is -2.50. The van der Waals surface area contributed by atoms with E-state index < -0.39 is 11.9 Å². The standard InChI is InChI=1S/C16H18N2O4/c1-3-22-16(21)7-6-14(19)17-11-4-5-12-10(2)8-15(20)18-13(12)9-11/h4-5,8-9,12H,3,6-7H2,1-2H3,(H,18,20). The maximum Gasteiger partial charge on any atom is 0.306 e. The van der Waals surface area contributed by atoms with E-state index in [1.165, 1.54) is 0 Å². The SMILES string of the molecule is CCOC(=O)CCC(=O)N=C1C=CC2C(C)=CC(=O)NC2=C1. The molecule has 1 heterocycles. The van der Waals surface area contributed by atoms with Gasteiger partial charge in [0.15, 0.2) is 0 Å². The molecule has 1 N–H and O–H groups in total. The van der Waals surface area contributed by atoms with Crippen LogP contribution >= 0.6 is 0 Å². The Morgan fingerprint density at radius 3 is 2.82 bits per heavy atom. The predicted molar refractivity (Wildman–Crippen MR) is 80.9 cm³/mol.